The molecule has 0 saturated heterocycles. The summed E-state index contributed by atoms with van der Waals surface area (Å²) in [7, 11) is 0. The molecule has 1 aromatic carbocycles. The van der Waals surface area contributed by atoms with Crippen molar-refractivity contribution >= 4 is 29.3 Å². The lowest BCUT2D eigenvalue weighted by Gasteiger charge is -2.21. The zero-order chi connectivity index (χ0) is 16.3. The van der Waals surface area contributed by atoms with Gasteiger partial charge in [0.1, 0.15) is 13.2 Å². The van der Waals surface area contributed by atoms with E-state index in [9.17, 15) is 14.7 Å². The van der Waals surface area contributed by atoms with Crippen LogP contribution in [0.25, 0.3) is 0 Å². The molecule has 0 saturated carbocycles. The molecule has 4 N–H and O–H groups in total. The zero-order valence-electron chi connectivity index (χ0n) is 11.7. The van der Waals surface area contributed by atoms with Crippen LogP contribution in [0.2, 0.25) is 5.02 Å². The van der Waals surface area contributed by atoms with Crippen LogP contribution in [0.3, 0.4) is 0 Å². The number of carbonyl (C=O) groups excluding carboxylic acids is 1. The highest BCUT2D eigenvalue weighted by molar-refractivity contribution is 6.34. The molecule has 1 aliphatic rings. The average Bonchev–Trinajstić information content (AvgIpc) is 2.46. The molecule has 22 heavy (non-hydrogen) atoms. The molecule has 2 rings (SSSR count). The first-order chi connectivity index (χ1) is 10.3. The third-order valence-electron chi connectivity index (χ3n) is 2.93. The Bertz CT molecular complexity index is 604. The van der Waals surface area contributed by atoms with E-state index >= 15 is 0 Å². The van der Waals surface area contributed by atoms with Crippen LogP contribution >= 0.6 is 11.6 Å². The van der Waals surface area contributed by atoms with Gasteiger partial charge in [-0.05, 0) is 6.92 Å². The summed E-state index contributed by atoms with van der Waals surface area (Å²) in [6.07, 6.45) is 0. The van der Waals surface area contributed by atoms with Crippen LogP contribution in [0.5, 0.6) is 11.5 Å². The number of carboxylic acid groups (broad SMARTS) is 1. The molecule has 0 spiro atoms. The predicted octanol–water partition coefficient (Wildman–Crippen LogP) is 1.07. The number of hydrogen-bond acceptors (Lipinski definition) is 5. The second-order valence-electron chi connectivity index (χ2n) is 4.86. The minimum atomic E-state index is -2.06. The minimum Gasteiger partial charge on any atom is -0.486 e. The van der Waals surface area contributed by atoms with Crippen molar-refractivity contribution in [2.45, 2.75) is 12.5 Å². The van der Waals surface area contributed by atoms with Crippen molar-refractivity contribution in [3.05, 3.63) is 17.2 Å². The molecule has 1 atom stereocenters. The Morgan fingerprint density at radius 3 is 2.50 bits per heavy atom. The van der Waals surface area contributed by atoms with Crippen LogP contribution in [0.4, 0.5) is 10.5 Å². The summed E-state index contributed by atoms with van der Waals surface area (Å²) in [4.78, 5) is 22.5. The van der Waals surface area contributed by atoms with E-state index in [1.807, 2.05) is 0 Å². The van der Waals surface area contributed by atoms with Crippen molar-refractivity contribution in [1.29, 1.82) is 0 Å². The Morgan fingerprint density at radius 1 is 1.32 bits per heavy atom. The second kappa shape index (κ2) is 6.29. The lowest BCUT2D eigenvalue weighted by atomic mass is 10.1. The maximum absolute atomic E-state index is 11.7. The number of halogens is 1. The molecule has 0 aliphatic carbocycles. The van der Waals surface area contributed by atoms with Crippen molar-refractivity contribution in [3.8, 4) is 11.5 Å². The second-order valence-corrected chi connectivity index (χ2v) is 5.27. The Hall–Kier alpha value is -2.19. The fourth-order valence-electron chi connectivity index (χ4n) is 1.65. The van der Waals surface area contributed by atoms with Crippen LogP contribution in [-0.4, -0.2) is 47.6 Å². The van der Waals surface area contributed by atoms with Crippen LogP contribution < -0.4 is 20.1 Å². The minimum absolute atomic E-state index is 0.240. The normalized spacial score (nSPS) is 15.6. The Kier molecular flexibility index (Phi) is 4.62. The number of amides is 2. The Labute approximate surface area is 131 Å². The Balaban J connectivity index is 2.01. The lowest BCUT2D eigenvalue weighted by Crippen LogP contribution is -2.47. The molecule has 9 heteroatoms. The smallest absolute Gasteiger partial charge is 0.337 e. The molecule has 8 nitrogen and oxygen atoms in total. The monoisotopic (exact) mass is 330 g/mol. The van der Waals surface area contributed by atoms with Gasteiger partial charge in [0.15, 0.2) is 17.1 Å². The molecule has 0 radical (unpaired) electrons. The molecule has 1 aromatic rings. The van der Waals surface area contributed by atoms with Gasteiger partial charge in [0, 0.05) is 12.1 Å². The summed E-state index contributed by atoms with van der Waals surface area (Å²) < 4.78 is 10.7. The first-order valence-electron chi connectivity index (χ1n) is 6.39. The molecule has 1 heterocycles. The van der Waals surface area contributed by atoms with Crippen LogP contribution in [0, 0.1) is 0 Å². The number of hydrogen-bond donors (Lipinski definition) is 4. The van der Waals surface area contributed by atoms with Crippen molar-refractivity contribution in [3.63, 3.8) is 0 Å². The molecule has 1 aliphatic heterocycles. The maximum atomic E-state index is 11.7. The number of carbonyl (C=O) groups is 2. The summed E-state index contributed by atoms with van der Waals surface area (Å²) in [6, 6.07) is 2.31. The van der Waals surface area contributed by atoms with Crippen molar-refractivity contribution < 1.29 is 29.3 Å². The molecule has 1 unspecified atom stereocenters. The van der Waals surface area contributed by atoms with Gasteiger partial charge >= 0.3 is 12.0 Å². The molecule has 120 valence electrons. The number of nitrogens with one attached hydrogen (secondary N) is 2. The van der Waals surface area contributed by atoms with E-state index in [1.165, 1.54) is 12.1 Å². The lowest BCUT2D eigenvalue weighted by molar-refractivity contribution is -0.155. The number of aliphatic carboxylic acids is 1. The van der Waals surface area contributed by atoms with Gasteiger partial charge in [0.05, 0.1) is 17.3 Å². The van der Waals surface area contributed by atoms with Gasteiger partial charge in [-0.15, -0.1) is 0 Å². The van der Waals surface area contributed by atoms with E-state index in [-0.39, 0.29) is 10.7 Å². The largest absolute Gasteiger partial charge is 0.486 e. The van der Waals surface area contributed by atoms with Gasteiger partial charge in [0.25, 0.3) is 0 Å². The third-order valence-corrected chi connectivity index (χ3v) is 3.25. The summed E-state index contributed by atoms with van der Waals surface area (Å²) >= 11 is 6.02. The standard InChI is InChI=1S/C13H15ClN2O6/c1-13(20,11(17)18)6-15-12(19)16-8-5-10-9(4-7(8)14)21-2-3-22-10/h4-5,20H,2-3,6H2,1H3,(H,17,18)(H2,15,16,19). The molecule has 0 aromatic heterocycles. The fraction of sp³-hybridized carbons (Fsp3) is 0.385. The Morgan fingerprint density at radius 2 is 1.91 bits per heavy atom. The van der Waals surface area contributed by atoms with Gasteiger partial charge in [0.2, 0.25) is 0 Å². The van der Waals surface area contributed by atoms with Crippen LogP contribution in [0.1, 0.15) is 6.92 Å². The number of urea groups is 1. The highest BCUT2D eigenvalue weighted by atomic mass is 35.5. The molecule has 0 bridgehead atoms. The van der Waals surface area contributed by atoms with Gasteiger partial charge < -0.3 is 30.3 Å². The average molecular weight is 331 g/mol. The number of benzene rings is 1. The summed E-state index contributed by atoms with van der Waals surface area (Å²) in [6.45, 7) is 1.42. The van der Waals surface area contributed by atoms with Crippen molar-refractivity contribution in [2.24, 2.45) is 0 Å². The molecule has 0 fully saturated rings. The van der Waals surface area contributed by atoms with E-state index in [1.54, 1.807) is 0 Å². The predicted molar refractivity (Wildman–Crippen MR) is 77.7 cm³/mol. The highest BCUT2D eigenvalue weighted by Crippen LogP contribution is 2.37. The number of carboxylic acids is 1. The number of aliphatic hydroxyl groups is 1. The molecular formula is C13H15ClN2O6. The number of anilines is 1. The van der Waals surface area contributed by atoms with E-state index in [4.69, 9.17) is 26.2 Å². The molecule has 2 amide bonds. The number of rotatable bonds is 4. The third kappa shape index (κ3) is 3.71. The fourth-order valence-corrected chi connectivity index (χ4v) is 1.86. The SMILES string of the molecule is CC(O)(CNC(=O)Nc1cc2c(cc1Cl)OCCO2)C(=O)O. The van der Waals surface area contributed by atoms with Gasteiger partial charge in [-0.25, -0.2) is 9.59 Å². The molecular weight excluding hydrogens is 316 g/mol. The maximum Gasteiger partial charge on any atom is 0.337 e. The van der Waals surface area contributed by atoms with Gasteiger partial charge in [-0.3, -0.25) is 0 Å². The van der Waals surface area contributed by atoms with Crippen molar-refractivity contribution in [2.75, 3.05) is 25.1 Å². The van der Waals surface area contributed by atoms with Gasteiger partial charge in [-0.2, -0.15) is 0 Å². The summed E-state index contributed by atoms with van der Waals surface area (Å²) in [5, 5.41) is 23.2. The van der Waals surface area contributed by atoms with E-state index in [0.29, 0.717) is 24.7 Å². The quantitative estimate of drug-likeness (QED) is 0.656. The van der Waals surface area contributed by atoms with Crippen LogP contribution in [-0.2, 0) is 4.79 Å². The number of fused-ring (bicyclic) bond motifs is 1. The van der Waals surface area contributed by atoms with E-state index in [2.05, 4.69) is 10.6 Å². The first-order valence-corrected chi connectivity index (χ1v) is 6.77. The van der Waals surface area contributed by atoms with Gasteiger partial charge in [-0.1, -0.05) is 11.6 Å². The first kappa shape index (κ1) is 16.2. The van der Waals surface area contributed by atoms with E-state index in [0.717, 1.165) is 6.92 Å². The highest BCUT2D eigenvalue weighted by Gasteiger charge is 2.30. The van der Waals surface area contributed by atoms with E-state index < -0.39 is 24.1 Å². The topological polar surface area (TPSA) is 117 Å². The van der Waals surface area contributed by atoms with Crippen molar-refractivity contribution in [1.82, 2.24) is 5.32 Å². The zero-order valence-corrected chi connectivity index (χ0v) is 12.4. The van der Waals surface area contributed by atoms with Crippen LogP contribution in [0.15, 0.2) is 12.1 Å². The number of ether oxygens (including phenoxy) is 2. The summed E-state index contributed by atoms with van der Waals surface area (Å²) in [5.74, 6) is -0.510. The summed E-state index contributed by atoms with van der Waals surface area (Å²) in [5.41, 5.74) is -1.79.